The first-order chi connectivity index (χ1) is 11.5. The third kappa shape index (κ3) is 3.12. The van der Waals surface area contributed by atoms with Crippen LogP contribution in [0.4, 0.5) is 0 Å². The van der Waals surface area contributed by atoms with E-state index in [1.54, 1.807) is 12.0 Å². The average molecular weight is 331 g/mol. The quantitative estimate of drug-likeness (QED) is 0.901. The van der Waals surface area contributed by atoms with Crippen molar-refractivity contribution in [3.05, 3.63) is 29.8 Å². The molecule has 24 heavy (non-hydrogen) atoms. The number of hydrogen-bond acceptors (Lipinski definition) is 3. The van der Waals surface area contributed by atoms with E-state index in [9.17, 15) is 14.7 Å². The molecule has 0 bridgehead atoms. The Morgan fingerprint density at radius 1 is 1.29 bits per heavy atom. The fraction of sp³-hybridized carbons (Fsp3) is 0.579. The van der Waals surface area contributed by atoms with Crippen molar-refractivity contribution in [2.45, 2.75) is 44.6 Å². The number of amides is 1. The molecule has 1 aromatic carbocycles. The second-order valence-electron chi connectivity index (χ2n) is 7.06. The molecule has 1 N–H and O–H groups in total. The summed E-state index contributed by atoms with van der Waals surface area (Å²) in [5, 5.41) is 9.58. The zero-order chi connectivity index (χ0) is 17.3. The highest BCUT2D eigenvalue weighted by molar-refractivity contribution is 5.85. The molecule has 1 aliphatic carbocycles. The van der Waals surface area contributed by atoms with E-state index in [0.29, 0.717) is 18.9 Å². The summed E-state index contributed by atoms with van der Waals surface area (Å²) in [6, 6.07) is 7.06. The van der Waals surface area contributed by atoms with Gasteiger partial charge in [-0.15, -0.1) is 0 Å². The Bertz CT molecular complexity index is 612. The fourth-order valence-corrected chi connectivity index (χ4v) is 4.31. The molecule has 0 aromatic heterocycles. The zero-order valence-corrected chi connectivity index (χ0v) is 14.3. The molecular formula is C19H25NO4. The maximum absolute atomic E-state index is 12.7. The number of benzene rings is 1. The van der Waals surface area contributed by atoms with Gasteiger partial charge in [0, 0.05) is 13.0 Å². The monoisotopic (exact) mass is 331 g/mol. The molecule has 130 valence electrons. The minimum absolute atomic E-state index is 0.0416. The highest BCUT2D eigenvalue weighted by Crippen LogP contribution is 2.42. The SMILES string of the molecule is COc1ccc(C(C)CC(=O)N2CC3CCCC3C2C(=O)O)cc1. The van der Waals surface area contributed by atoms with Crippen LogP contribution in [0.2, 0.25) is 0 Å². The second kappa shape index (κ2) is 6.83. The second-order valence-corrected chi connectivity index (χ2v) is 7.06. The normalized spacial score (nSPS) is 26.9. The molecule has 4 atom stereocenters. The lowest BCUT2D eigenvalue weighted by Crippen LogP contribution is -2.43. The van der Waals surface area contributed by atoms with Crippen LogP contribution in [0.3, 0.4) is 0 Å². The van der Waals surface area contributed by atoms with E-state index in [-0.39, 0.29) is 17.7 Å². The Hall–Kier alpha value is -2.04. The lowest BCUT2D eigenvalue weighted by Gasteiger charge is -2.26. The largest absolute Gasteiger partial charge is 0.497 e. The molecule has 0 radical (unpaired) electrons. The number of aliphatic carboxylic acids is 1. The molecule has 3 rings (SSSR count). The standard InChI is InChI=1S/C19H25NO4/c1-12(13-6-8-15(24-2)9-7-13)10-17(21)20-11-14-4-3-5-16(14)18(20)19(22)23/h6-9,12,14,16,18H,3-5,10-11H2,1-2H3,(H,22,23). The van der Waals surface area contributed by atoms with Gasteiger partial charge in [-0.1, -0.05) is 25.5 Å². The van der Waals surface area contributed by atoms with E-state index < -0.39 is 12.0 Å². The van der Waals surface area contributed by atoms with Gasteiger partial charge in [0.05, 0.1) is 7.11 Å². The molecule has 1 aliphatic heterocycles. The van der Waals surface area contributed by atoms with Crippen molar-refractivity contribution in [1.29, 1.82) is 0 Å². The van der Waals surface area contributed by atoms with Gasteiger partial charge in [-0.25, -0.2) is 4.79 Å². The fourth-order valence-electron chi connectivity index (χ4n) is 4.31. The van der Waals surface area contributed by atoms with Gasteiger partial charge in [0.15, 0.2) is 0 Å². The van der Waals surface area contributed by atoms with Crippen LogP contribution in [0.5, 0.6) is 5.75 Å². The number of methoxy groups -OCH3 is 1. The predicted molar refractivity (Wildman–Crippen MR) is 90.0 cm³/mol. The first-order valence-electron chi connectivity index (χ1n) is 8.67. The summed E-state index contributed by atoms with van der Waals surface area (Å²) in [6.07, 6.45) is 3.41. The third-order valence-corrected chi connectivity index (χ3v) is 5.63. The lowest BCUT2D eigenvalue weighted by atomic mass is 9.94. The Kier molecular flexibility index (Phi) is 4.78. The van der Waals surface area contributed by atoms with E-state index in [4.69, 9.17) is 4.74 Å². The van der Waals surface area contributed by atoms with Gasteiger partial charge in [-0.05, 0) is 48.3 Å². The van der Waals surface area contributed by atoms with Crippen molar-refractivity contribution in [2.75, 3.05) is 13.7 Å². The molecule has 1 saturated heterocycles. The molecule has 2 aliphatic rings. The first kappa shape index (κ1) is 16.8. The molecule has 0 spiro atoms. The number of ether oxygens (including phenoxy) is 1. The summed E-state index contributed by atoms with van der Waals surface area (Å²) >= 11 is 0. The topological polar surface area (TPSA) is 66.8 Å². The molecule has 5 heteroatoms. The van der Waals surface area contributed by atoms with E-state index in [2.05, 4.69) is 0 Å². The number of rotatable bonds is 5. The molecule has 1 heterocycles. The summed E-state index contributed by atoms with van der Waals surface area (Å²) < 4.78 is 5.15. The van der Waals surface area contributed by atoms with Crippen molar-refractivity contribution in [2.24, 2.45) is 11.8 Å². The Morgan fingerprint density at radius 2 is 2.00 bits per heavy atom. The van der Waals surface area contributed by atoms with Gasteiger partial charge in [0.1, 0.15) is 11.8 Å². The van der Waals surface area contributed by atoms with Crippen LogP contribution in [0.1, 0.15) is 44.1 Å². The van der Waals surface area contributed by atoms with Gasteiger partial charge in [0.25, 0.3) is 0 Å². The molecule has 5 nitrogen and oxygen atoms in total. The van der Waals surface area contributed by atoms with E-state index >= 15 is 0 Å². The Morgan fingerprint density at radius 3 is 2.62 bits per heavy atom. The van der Waals surface area contributed by atoms with Crippen LogP contribution < -0.4 is 4.74 Å². The summed E-state index contributed by atoms with van der Waals surface area (Å²) in [4.78, 5) is 26.0. The first-order valence-corrected chi connectivity index (χ1v) is 8.67. The van der Waals surface area contributed by atoms with Gasteiger partial charge < -0.3 is 14.7 Å². The summed E-state index contributed by atoms with van der Waals surface area (Å²) in [5.41, 5.74) is 1.07. The van der Waals surface area contributed by atoms with Crippen LogP contribution in [0, 0.1) is 11.8 Å². The number of carboxylic acids is 1. The minimum Gasteiger partial charge on any atom is -0.497 e. The van der Waals surface area contributed by atoms with E-state index in [1.807, 2.05) is 31.2 Å². The van der Waals surface area contributed by atoms with Crippen molar-refractivity contribution < 1.29 is 19.4 Å². The smallest absolute Gasteiger partial charge is 0.326 e. The van der Waals surface area contributed by atoms with Crippen LogP contribution in [0.15, 0.2) is 24.3 Å². The van der Waals surface area contributed by atoms with Crippen molar-refractivity contribution >= 4 is 11.9 Å². The number of carbonyl (C=O) groups is 2. The molecule has 4 unspecified atom stereocenters. The van der Waals surface area contributed by atoms with Crippen molar-refractivity contribution in [3.8, 4) is 5.75 Å². The number of hydrogen-bond donors (Lipinski definition) is 1. The van der Waals surface area contributed by atoms with Gasteiger partial charge in [-0.2, -0.15) is 0 Å². The van der Waals surface area contributed by atoms with Crippen LogP contribution in [-0.4, -0.2) is 41.6 Å². The Balaban J connectivity index is 1.68. The van der Waals surface area contributed by atoms with E-state index in [0.717, 1.165) is 30.6 Å². The molecule has 1 saturated carbocycles. The van der Waals surface area contributed by atoms with Gasteiger partial charge in [-0.3, -0.25) is 4.79 Å². The van der Waals surface area contributed by atoms with Crippen LogP contribution in [0.25, 0.3) is 0 Å². The van der Waals surface area contributed by atoms with Crippen molar-refractivity contribution in [3.63, 3.8) is 0 Å². The average Bonchev–Trinajstić information content (AvgIpc) is 3.15. The molecular weight excluding hydrogens is 306 g/mol. The summed E-state index contributed by atoms with van der Waals surface area (Å²) in [7, 11) is 1.62. The predicted octanol–water partition coefficient (Wildman–Crippen LogP) is 2.90. The number of nitrogens with zero attached hydrogens (tertiary/aromatic N) is 1. The Labute approximate surface area is 142 Å². The number of likely N-dealkylation sites (tertiary alicyclic amines) is 1. The summed E-state index contributed by atoms with van der Waals surface area (Å²) in [5.74, 6) is 0.456. The number of carbonyl (C=O) groups excluding carboxylic acids is 1. The molecule has 1 aromatic rings. The summed E-state index contributed by atoms with van der Waals surface area (Å²) in [6.45, 7) is 2.61. The van der Waals surface area contributed by atoms with Crippen LogP contribution in [-0.2, 0) is 9.59 Å². The lowest BCUT2D eigenvalue weighted by molar-refractivity contribution is -0.149. The minimum atomic E-state index is -0.852. The maximum atomic E-state index is 12.7. The van der Waals surface area contributed by atoms with Crippen LogP contribution >= 0.6 is 0 Å². The number of carboxylic acid groups (broad SMARTS) is 1. The van der Waals surface area contributed by atoms with Gasteiger partial charge in [0.2, 0.25) is 5.91 Å². The zero-order valence-electron chi connectivity index (χ0n) is 14.3. The maximum Gasteiger partial charge on any atom is 0.326 e. The van der Waals surface area contributed by atoms with E-state index in [1.165, 1.54) is 0 Å². The third-order valence-electron chi connectivity index (χ3n) is 5.63. The molecule has 2 fully saturated rings. The van der Waals surface area contributed by atoms with Crippen molar-refractivity contribution in [1.82, 2.24) is 4.90 Å². The highest BCUT2D eigenvalue weighted by atomic mass is 16.5. The highest BCUT2D eigenvalue weighted by Gasteiger charge is 2.49. The molecule has 1 amide bonds. The van der Waals surface area contributed by atoms with Gasteiger partial charge >= 0.3 is 5.97 Å². The number of fused-ring (bicyclic) bond motifs is 1.